The first-order chi connectivity index (χ1) is 6.61. The van der Waals surface area contributed by atoms with Crippen LogP contribution in [0.25, 0.3) is 0 Å². The third kappa shape index (κ3) is 1260. The first-order valence-electron chi connectivity index (χ1n) is 3.24. The number of nitrogens with two attached hydrogens (primary N) is 1. The summed E-state index contributed by atoms with van der Waals surface area (Å²) >= 11 is 34.1. The predicted octanol–water partition coefficient (Wildman–Crippen LogP) is 5.35. The Hall–Kier alpha value is 1.50. The highest BCUT2D eigenvalue weighted by molar-refractivity contribution is 6.62. The van der Waals surface area contributed by atoms with Crippen molar-refractivity contribution >= 4 is 86.6 Å². The van der Waals surface area contributed by atoms with Gasteiger partial charge >= 0.3 is 5.37 Å². The number of halogens is 7. The Bertz CT molecular complexity index is 96.1. The average Bonchev–Trinajstić information content (AvgIpc) is 1.81. The summed E-state index contributed by atoms with van der Waals surface area (Å²) in [6.07, 6.45) is 0. The van der Waals surface area contributed by atoms with Gasteiger partial charge in [0.05, 0.1) is 5.34 Å². The maximum absolute atomic E-state index is 8.99. The average molecular weight is 362 g/mol. The third-order valence-electron chi connectivity index (χ3n) is 0. The van der Waals surface area contributed by atoms with Crippen LogP contribution in [0.1, 0.15) is 13.8 Å². The van der Waals surface area contributed by atoms with Crippen molar-refractivity contribution in [3.8, 4) is 0 Å². The second kappa shape index (κ2) is 24.6. The fourth-order valence-corrected chi connectivity index (χ4v) is 0. The van der Waals surface area contributed by atoms with E-state index in [-0.39, 0.29) is 15.0 Å². The van der Waals surface area contributed by atoms with E-state index in [4.69, 9.17) is 74.4 Å². The van der Waals surface area contributed by atoms with Crippen LogP contribution in [0, 0.1) is 0 Å². The molecule has 0 bridgehead atoms. The molecule has 0 heterocycles. The summed E-state index contributed by atoms with van der Waals surface area (Å²) in [7, 11) is 0. The molecule has 9 heteroatoms. The molecule has 0 aromatic heterocycles. The number of carbonyl (C=O) groups excluding carboxylic acids is 1. The van der Waals surface area contributed by atoms with E-state index in [1.807, 2.05) is 0 Å². The number of carbonyl (C=O) groups is 1. The van der Waals surface area contributed by atoms with Gasteiger partial charge in [0.15, 0.2) is 0 Å². The Balaban J connectivity index is -0.0000000542. The molecule has 0 saturated carbocycles. The van der Waals surface area contributed by atoms with Gasteiger partial charge in [-0.2, -0.15) is 0 Å². The van der Waals surface area contributed by atoms with E-state index in [1.165, 1.54) is 0 Å². The smallest absolute Gasteiger partial charge is 0.311 e. The Labute approximate surface area is 125 Å². The van der Waals surface area contributed by atoms with Crippen LogP contribution in [0.3, 0.4) is 0 Å². The number of amides is 1. The van der Waals surface area contributed by atoms with Crippen LogP contribution < -0.4 is 5.73 Å². The zero-order chi connectivity index (χ0) is 13.4. The minimum Gasteiger partial charge on any atom is -0.356 e. The lowest BCUT2D eigenvalue weighted by atomic mass is 11.0. The number of rotatable bonds is 0. The predicted molar refractivity (Wildman–Crippen MR) is 74.3 cm³/mol. The molecule has 2 nitrogen and oxygen atoms in total. The van der Waals surface area contributed by atoms with E-state index in [1.54, 1.807) is 13.8 Å². The van der Waals surface area contributed by atoms with Crippen molar-refractivity contribution < 1.29 is 4.79 Å². The summed E-state index contributed by atoms with van der Waals surface area (Å²) in [5.41, 5.74) is 4.24. The molecule has 0 aliphatic heterocycles. The highest BCUT2D eigenvalue weighted by Gasteiger charge is 1.75. The normalized spacial score (nSPS) is 7.67. The number of hydrogen-bond donors (Lipinski definition) is 1. The lowest BCUT2D eigenvalue weighted by Crippen LogP contribution is -1.94. The molecular formula is C6H12Cl7NO. The molecule has 0 aliphatic rings. The first-order valence-corrected chi connectivity index (χ1v) is 6.44. The summed E-state index contributed by atoms with van der Waals surface area (Å²) in [4.78, 5) is 8.54. The minimum absolute atomic E-state index is 0.194. The van der Waals surface area contributed by atoms with E-state index in [0.717, 1.165) is 0 Å². The fourth-order valence-electron chi connectivity index (χ4n) is 0. The van der Waals surface area contributed by atoms with Crippen molar-refractivity contribution in [2.24, 2.45) is 5.73 Å². The van der Waals surface area contributed by atoms with Crippen molar-refractivity contribution in [2.75, 3.05) is 5.34 Å². The molecule has 0 rings (SSSR count). The number of alkyl halides is 6. The summed E-state index contributed by atoms with van der Waals surface area (Å²) in [6.45, 7) is 3.40. The molecule has 0 radical (unpaired) electrons. The van der Waals surface area contributed by atoms with Gasteiger partial charge in [-0.05, 0) is 25.4 Å². The quantitative estimate of drug-likeness (QED) is 0.353. The monoisotopic (exact) mass is 359 g/mol. The molecule has 0 aromatic rings. The second-order valence-corrected chi connectivity index (χ2v) is 5.69. The van der Waals surface area contributed by atoms with Crippen molar-refractivity contribution in [3.63, 3.8) is 0 Å². The first kappa shape index (κ1) is 25.4. The third-order valence-corrected chi connectivity index (χ3v) is 0. The van der Waals surface area contributed by atoms with E-state index in [2.05, 4.69) is 17.3 Å². The summed E-state index contributed by atoms with van der Waals surface area (Å²) < 4.78 is 0. The Morgan fingerprint density at radius 3 is 1.07 bits per heavy atom. The Morgan fingerprint density at radius 2 is 1.07 bits per heavy atom. The number of hydrogen-bond acceptors (Lipinski definition) is 1. The van der Waals surface area contributed by atoms with Crippen LogP contribution in [0.2, 0.25) is 0 Å². The Kier molecular flexibility index (Phi) is 41.7. The minimum atomic E-state index is -0.861. The summed E-state index contributed by atoms with van der Waals surface area (Å²) in [5.74, 6) is 0. The molecule has 0 fully saturated rings. The van der Waals surface area contributed by atoms with Crippen molar-refractivity contribution in [1.82, 2.24) is 0 Å². The van der Waals surface area contributed by atoms with Gasteiger partial charge in [-0.1, -0.05) is 0 Å². The zero-order valence-corrected chi connectivity index (χ0v) is 13.3. The van der Waals surface area contributed by atoms with Gasteiger partial charge < -0.3 is 5.73 Å². The van der Waals surface area contributed by atoms with Crippen LogP contribution in [0.5, 0.6) is 0 Å². The van der Waals surface area contributed by atoms with E-state index in [9.17, 15) is 0 Å². The van der Waals surface area contributed by atoms with Gasteiger partial charge in [-0.15, -0.1) is 69.6 Å². The molecule has 0 aliphatic carbocycles. The van der Waals surface area contributed by atoms with Gasteiger partial charge in [0.1, 0.15) is 9.67 Å². The van der Waals surface area contributed by atoms with Crippen molar-refractivity contribution in [2.45, 2.75) is 23.5 Å². The second-order valence-electron chi connectivity index (χ2n) is 1.44. The van der Waals surface area contributed by atoms with Crippen LogP contribution in [0.15, 0.2) is 0 Å². The molecule has 0 spiro atoms. The van der Waals surface area contributed by atoms with Crippen molar-refractivity contribution in [1.29, 1.82) is 0 Å². The summed E-state index contributed by atoms with van der Waals surface area (Å²) in [6, 6.07) is 0. The molecule has 0 atom stereocenters. The molecule has 0 saturated heterocycles. The zero-order valence-electron chi connectivity index (χ0n) is 7.99. The molecule has 1 amide bonds. The fraction of sp³-hybridized carbons (Fsp3) is 0.833. The molecule has 0 aromatic carbocycles. The topological polar surface area (TPSA) is 43.1 Å². The van der Waals surface area contributed by atoms with E-state index >= 15 is 0 Å². The Morgan fingerprint density at radius 1 is 1.07 bits per heavy atom. The van der Waals surface area contributed by atoms with Gasteiger partial charge in [0, 0.05) is 0 Å². The standard InChI is InChI=1S/2C2H4Cl2.CH2Cl2.CH2ClNO/c2*1-2(3)4;2-1-3;2-1(3)4/h2*2H,1H3;1H2;(H2,3,4). The van der Waals surface area contributed by atoms with Crippen LogP contribution in [-0.4, -0.2) is 20.4 Å². The van der Waals surface area contributed by atoms with Gasteiger partial charge in [-0.25, -0.2) is 0 Å². The van der Waals surface area contributed by atoms with Crippen LogP contribution in [0.4, 0.5) is 4.79 Å². The molecular weight excluding hydrogens is 350 g/mol. The summed E-state index contributed by atoms with van der Waals surface area (Å²) in [5, 5.41) is -0.667. The molecule has 0 unspecified atom stereocenters. The van der Waals surface area contributed by atoms with E-state index in [0.29, 0.717) is 0 Å². The van der Waals surface area contributed by atoms with Gasteiger partial charge in [-0.3, -0.25) is 4.79 Å². The molecule has 96 valence electrons. The van der Waals surface area contributed by atoms with Crippen molar-refractivity contribution in [3.05, 3.63) is 0 Å². The largest absolute Gasteiger partial charge is 0.356 e. The van der Waals surface area contributed by atoms with Crippen LogP contribution in [-0.2, 0) is 0 Å². The lowest BCUT2D eigenvalue weighted by molar-refractivity contribution is 0.266. The van der Waals surface area contributed by atoms with Gasteiger partial charge in [0.25, 0.3) is 0 Å². The highest BCUT2D eigenvalue weighted by Crippen LogP contribution is 1.95. The maximum Gasteiger partial charge on any atom is 0.311 e. The van der Waals surface area contributed by atoms with Crippen LogP contribution >= 0.6 is 81.2 Å². The number of primary amides is 1. The van der Waals surface area contributed by atoms with E-state index < -0.39 is 5.37 Å². The lowest BCUT2D eigenvalue weighted by Gasteiger charge is -1.72. The van der Waals surface area contributed by atoms with Gasteiger partial charge in [0.2, 0.25) is 0 Å². The highest BCUT2D eigenvalue weighted by atomic mass is 35.5. The maximum atomic E-state index is 8.99. The SMILES string of the molecule is CC(Cl)Cl.CC(Cl)Cl.ClCCl.NC(=O)Cl. The molecule has 2 N–H and O–H groups in total. The molecule has 15 heavy (non-hydrogen) atoms.